The molecule has 384 valence electrons. The zero-order valence-corrected chi connectivity index (χ0v) is 45.1. The molecule has 0 saturated carbocycles. The van der Waals surface area contributed by atoms with Crippen LogP contribution in [0.3, 0.4) is 0 Å². The topological polar surface area (TPSA) is 43.2 Å². The molecule has 0 aliphatic heterocycles. The molecule has 0 amide bonds. The predicted octanol–water partition coefficient (Wildman–Crippen LogP) is 20.2. The van der Waals surface area contributed by atoms with E-state index in [1.54, 1.807) is 0 Å². The van der Waals surface area contributed by atoms with Gasteiger partial charge in [-0.15, -0.1) is 0 Å². The van der Waals surface area contributed by atoms with Gasteiger partial charge < -0.3 is 9.47 Å². The van der Waals surface area contributed by atoms with Crippen molar-refractivity contribution in [3.05, 3.63) is 348 Å². The molecule has 0 aromatic heterocycles. The van der Waals surface area contributed by atoms with Crippen molar-refractivity contribution in [3.63, 3.8) is 0 Å². The Labute approximate surface area is 466 Å². The average Bonchev–Trinajstić information content (AvgIpc) is 3.53. The van der Waals surface area contributed by atoms with Crippen LogP contribution in [0.25, 0.3) is 22.3 Å². The van der Waals surface area contributed by atoms with Gasteiger partial charge in [-0.1, -0.05) is 257 Å². The first-order valence-corrected chi connectivity index (χ1v) is 26.8. The number of allylic oxidation sites excluding steroid dienone is 8. The molecule has 10 aromatic carbocycles. The highest BCUT2D eigenvalue weighted by Crippen LogP contribution is 2.39. The smallest absolute Gasteiger partial charge is 0.153 e. The molecule has 10 rings (SSSR count). The van der Waals surface area contributed by atoms with Gasteiger partial charge in [0.2, 0.25) is 0 Å². The molecule has 10 aromatic rings. The van der Waals surface area contributed by atoms with Gasteiger partial charge >= 0.3 is 0 Å². The van der Waals surface area contributed by atoms with Crippen LogP contribution in [-0.4, -0.2) is 11.4 Å². The van der Waals surface area contributed by atoms with Gasteiger partial charge in [0, 0.05) is 16.5 Å². The van der Waals surface area contributed by atoms with E-state index in [4.69, 9.17) is 19.5 Å². The van der Waals surface area contributed by atoms with Gasteiger partial charge in [0.15, 0.2) is 11.5 Å². The number of hydrogen-bond donors (Lipinski definition) is 0. The van der Waals surface area contributed by atoms with Gasteiger partial charge in [0.05, 0.1) is 11.4 Å². The molecule has 0 unspecified atom stereocenters. The maximum absolute atomic E-state index is 6.66. The van der Waals surface area contributed by atoms with Crippen molar-refractivity contribution in [3.8, 4) is 23.0 Å². The minimum Gasteiger partial charge on any atom is -0.455 e. The van der Waals surface area contributed by atoms with Crippen LogP contribution < -0.4 is 9.47 Å². The van der Waals surface area contributed by atoms with E-state index in [1.165, 1.54) is 11.1 Å². The Balaban J connectivity index is 0.894. The van der Waals surface area contributed by atoms with Crippen molar-refractivity contribution < 1.29 is 9.47 Å². The van der Waals surface area contributed by atoms with Crippen molar-refractivity contribution >= 4 is 45.1 Å². The highest BCUT2D eigenvalue weighted by Gasteiger charge is 2.24. The van der Waals surface area contributed by atoms with Gasteiger partial charge in [-0.25, -0.2) is 9.98 Å². The summed E-state index contributed by atoms with van der Waals surface area (Å²) >= 11 is 0. The zero-order valence-electron chi connectivity index (χ0n) is 45.1. The number of nitrogens with zero attached hydrogens (tertiary/aromatic N) is 2. The van der Waals surface area contributed by atoms with E-state index in [0.717, 1.165) is 90.0 Å². The third-order valence-corrected chi connectivity index (χ3v) is 14.0. The molecule has 0 atom stereocenters. The Morgan fingerprint density at radius 2 is 0.582 bits per heavy atom. The van der Waals surface area contributed by atoms with Crippen molar-refractivity contribution in [2.45, 2.75) is 33.1 Å². The van der Waals surface area contributed by atoms with E-state index in [2.05, 4.69) is 198 Å². The molecule has 0 radical (unpaired) electrons. The van der Waals surface area contributed by atoms with Crippen LogP contribution >= 0.6 is 0 Å². The molecule has 0 N–H and O–H groups in total. The molecule has 79 heavy (non-hydrogen) atoms. The summed E-state index contributed by atoms with van der Waals surface area (Å²) in [7, 11) is 0. The Bertz CT molecular complexity index is 3550. The maximum Gasteiger partial charge on any atom is 0.153 e. The lowest BCUT2D eigenvalue weighted by molar-refractivity contribution is 0.482. The minimum absolute atomic E-state index is 0.331. The first kappa shape index (κ1) is 52.5. The fourth-order valence-corrected chi connectivity index (χ4v) is 9.42. The van der Waals surface area contributed by atoms with Crippen molar-refractivity contribution in [1.29, 1.82) is 0 Å². The number of para-hydroxylation sites is 4. The first-order valence-electron chi connectivity index (χ1n) is 26.8. The fraction of sp³-hybridized carbons (Fsp3) is 0.0667. The molecular formula is C75H62N2O2. The summed E-state index contributed by atoms with van der Waals surface area (Å²) in [5.74, 6) is 2.76. The van der Waals surface area contributed by atoms with Gasteiger partial charge in [-0.3, -0.25) is 0 Å². The molecule has 0 fully saturated rings. The zero-order chi connectivity index (χ0) is 54.2. The molecule has 4 nitrogen and oxygen atoms in total. The molecule has 0 heterocycles. The second-order valence-corrected chi connectivity index (χ2v) is 19.9. The summed E-state index contributed by atoms with van der Waals surface area (Å²) in [5.41, 5.74) is 16.0. The van der Waals surface area contributed by atoms with Crippen LogP contribution in [0, 0.1) is 0 Å². The Morgan fingerprint density at radius 1 is 0.304 bits per heavy atom. The summed E-state index contributed by atoms with van der Waals surface area (Å²) in [4.78, 5) is 10.7. The van der Waals surface area contributed by atoms with Crippen molar-refractivity contribution in [2.75, 3.05) is 0 Å². The lowest BCUT2D eigenvalue weighted by atomic mass is 9.78. The number of rotatable bonds is 18. The molecule has 4 heteroatoms. The number of benzene rings is 10. The Morgan fingerprint density at radius 3 is 0.911 bits per heavy atom. The number of hydrogen-bond acceptors (Lipinski definition) is 4. The quantitative estimate of drug-likeness (QED) is 0.0635. The highest BCUT2D eigenvalue weighted by molar-refractivity contribution is 6.15. The van der Waals surface area contributed by atoms with Crippen LogP contribution in [-0.2, 0) is 5.41 Å². The Kier molecular flexibility index (Phi) is 16.8. The summed E-state index contributed by atoms with van der Waals surface area (Å²) in [6.45, 7) is 8.79. The normalized spacial score (nSPS) is 12.8. The number of ether oxygens (including phenoxy) is 2. The van der Waals surface area contributed by atoms with Crippen LogP contribution in [0.4, 0.5) is 11.4 Å². The summed E-state index contributed by atoms with van der Waals surface area (Å²) in [6.07, 6.45) is 8.83. The second kappa shape index (κ2) is 25.3. The standard InChI is InChI=1S/C75H62N2O2/c1-55(57-27-11-5-12-28-57)51-63(59-31-15-7-16-32-59)53-71(61-35-19-9-20-36-61)76-69-39-23-25-41-73(69)78-67-47-43-65(44-48-67)75(3,4)66-45-49-68(50-46-66)79-74-42-26-24-40-70(74)77-72(62-37-21-10-22-38-62)54-64(60-33-17-8-18-34-60)52-56(2)58-29-13-6-14-30-58/h5-54H,1-4H3/b55-51+,56-52+,63-53+,64-54+,76-71-,77-72-. The van der Waals surface area contributed by atoms with Crippen LogP contribution in [0.5, 0.6) is 23.0 Å². The van der Waals surface area contributed by atoms with Crippen molar-refractivity contribution in [1.82, 2.24) is 0 Å². The van der Waals surface area contributed by atoms with Crippen LogP contribution in [0.1, 0.15) is 72.2 Å². The predicted molar refractivity (Wildman–Crippen MR) is 332 cm³/mol. The lowest BCUT2D eigenvalue weighted by Crippen LogP contribution is -2.18. The van der Waals surface area contributed by atoms with Gasteiger partial charge in [-0.05, 0) is 130 Å². The summed E-state index contributed by atoms with van der Waals surface area (Å²) in [5, 5.41) is 0. The van der Waals surface area contributed by atoms with E-state index >= 15 is 0 Å². The third-order valence-electron chi connectivity index (χ3n) is 14.0. The monoisotopic (exact) mass is 1020 g/mol. The van der Waals surface area contributed by atoms with E-state index in [9.17, 15) is 0 Å². The van der Waals surface area contributed by atoms with E-state index in [0.29, 0.717) is 11.5 Å². The molecule has 0 bridgehead atoms. The molecule has 0 aliphatic rings. The minimum atomic E-state index is -0.331. The van der Waals surface area contributed by atoms with Gasteiger partial charge in [0.25, 0.3) is 0 Å². The molecular weight excluding hydrogens is 961 g/mol. The van der Waals surface area contributed by atoms with Crippen molar-refractivity contribution in [2.24, 2.45) is 9.98 Å². The second-order valence-electron chi connectivity index (χ2n) is 19.9. The summed E-state index contributed by atoms with van der Waals surface area (Å²) < 4.78 is 13.3. The van der Waals surface area contributed by atoms with E-state index in [1.807, 2.05) is 133 Å². The molecule has 0 aliphatic carbocycles. The maximum atomic E-state index is 6.66. The number of aliphatic imine (C=N–C) groups is 2. The highest BCUT2D eigenvalue weighted by atomic mass is 16.5. The van der Waals surface area contributed by atoms with Crippen LogP contribution in [0.2, 0.25) is 0 Å². The molecule has 0 spiro atoms. The van der Waals surface area contributed by atoms with Gasteiger partial charge in [0.1, 0.15) is 22.9 Å². The van der Waals surface area contributed by atoms with Crippen LogP contribution in [0.15, 0.2) is 313 Å². The largest absolute Gasteiger partial charge is 0.455 e. The Hall–Kier alpha value is -9.90. The molecule has 0 saturated heterocycles. The average molecular weight is 1020 g/mol. The lowest BCUT2D eigenvalue weighted by Gasteiger charge is -2.26. The third kappa shape index (κ3) is 13.6. The summed E-state index contributed by atoms with van der Waals surface area (Å²) in [6, 6.07) is 95.2. The van der Waals surface area contributed by atoms with E-state index < -0.39 is 0 Å². The van der Waals surface area contributed by atoms with Gasteiger partial charge in [-0.2, -0.15) is 0 Å². The SMILES string of the molecule is C\C(=C/C(=C\C(=N\c1ccccc1Oc1ccc(C(C)(C)c2ccc(Oc3ccccc3/N=C(/C=C(\C=C(/C)c3ccccc3)c3ccccc3)c3ccccc3)cc2)cc1)c1ccccc1)c1ccccc1)c1ccccc1. The first-order chi connectivity index (χ1) is 38.7. The fourth-order valence-electron chi connectivity index (χ4n) is 9.42. The van der Waals surface area contributed by atoms with E-state index in [-0.39, 0.29) is 5.41 Å².